The van der Waals surface area contributed by atoms with Crippen LogP contribution in [0.25, 0.3) is 61.8 Å². The molecule has 38 heavy (non-hydrogen) atoms. The van der Waals surface area contributed by atoms with Crippen molar-refractivity contribution >= 4 is 99.9 Å². The van der Waals surface area contributed by atoms with Gasteiger partial charge < -0.3 is 0 Å². The number of aryl methyl sites for hydroxylation is 6. The normalized spacial score (nSPS) is 12.1. The number of hydrogen-bond acceptors (Lipinski definition) is 7. The molecule has 7 rings (SSSR count). The molecule has 0 atom stereocenters. The minimum atomic E-state index is 0.732. The Hall–Kier alpha value is -2.13. The predicted octanol–water partition coefficient (Wildman–Crippen LogP) is 11.7. The van der Waals surface area contributed by atoms with Crippen molar-refractivity contribution in [1.29, 1.82) is 0 Å². The van der Waals surface area contributed by atoms with Gasteiger partial charge in [-0.1, -0.05) is 11.6 Å². The Morgan fingerprint density at radius 3 is 2.05 bits per heavy atom. The minimum absolute atomic E-state index is 0.732. The number of thiophene rings is 4. The Morgan fingerprint density at radius 1 is 0.632 bits per heavy atom. The Labute approximate surface area is 246 Å². The molecule has 0 aliphatic rings. The van der Waals surface area contributed by atoms with Gasteiger partial charge in [0.1, 0.15) is 11.0 Å². The van der Waals surface area contributed by atoms with Crippen LogP contribution < -0.4 is 0 Å². The largest absolute Gasteiger partial charge is 0.172 e. The molecule has 5 aromatic heterocycles. The summed E-state index contributed by atoms with van der Waals surface area (Å²) in [4.78, 5) is 7.66. The van der Waals surface area contributed by atoms with E-state index in [-0.39, 0.29) is 0 Å². The Morgan fingerprint density at radius 2 is 1.32 bits per heavy atom. The lowest BCUT2D eigenvalue weighted by atomic mass is 10.0. The Balaban J connectivity index is 1.39. The molecular weight excluding hydrogens is 584 g/mol. The molecule has 0 saturated heterocycles. The quantitative estimate of drug-likeness (QED) is 0.200. The summed E-state index contributed by atoms with van der Waals surface area (Å²) in [5.74, 6) is 0. The van der Waals surface area contributed by atoms with Crippen molar-refractivity contribution in [3.8, 4) is 30.6 Å². The van der Waals surface area contributed by atoms with E-state index in [2.05, 4.69) is 71.9 Å². The second-order valence-electron chi connectivity index (χ2n) is 9.92. The summed E-state index contributed by atoms with van der Waals surface area (Å²) in [6, 6.07) is 11.3. The third-order valence-corrected chi connectivity index (χ3v) is 13.3. The first-order chi connectivity index (χ1) is 18.2. The molecule has 0 spiro atoms. The fourth-order valence-corrected chi connectivity index (χ4v) is 11.0. The second-order valence-corrected chi connectivity index (χ2v) is 15.5. The second kappa shape index (κ2) is 8.95. The molecule has 190 valence electrons. The number of aromatic nitrogens is 2. The average molecular weight is 607 g/mol. The van der Waals surface area contributed by atoms with Gasteiger partial charge in [0.2, 0.25) is 0 Å². The Bertz CT molecular complexity index is 1990. The smallest absolute Gasteiger partial charge is 0.115 e. The number of nitrogens with zero attached hydrogens (tertiary/aromatic N) is 2. The fraction of sp³-hybridized carbons (Fsp3) is 0.200. The molecule has 0 bridgehead atoms. The van der Waals surface area contributed by atoms with Crippen molar-refractivity contribution in [3.05, 3.63) is 67.4 Å². The third-order valence-electron chi connectivity index (χ3n) is 7.39. The van der Waals surface area contributed by atoms with Gasteiger partial charge in [0.25, 0.3) is 0 Å². The molecule has 8 heteroatoms. The van der Waals surface area contributed by atoms with Crippen molar-refractivity contribution in [2.24, 2.45) is 0 Å². The molecule has 0 N–H and O–H groups in total. The number of rotatable bonds is 3. The molecule has 0 saturated carbocycles. The maximum absolute atomic E-state index is 7.02. The summed E-state index contributed by atoms with van der Waals surface area (Å²) >= 11 is 15.7. The van der Waals surface area contributed by atoms with Crippen molar-refractivity contribution in [1.82, 2.24) is 8.75 Å². The van der Waals surface area contributed by atoms with E-state index in [0.29, 0.717) is 0 Å². The van der Waals surface area contributed by atoms with E-state index in [0.717, 1.165) is 32.1 Å². The summed E-state index contributed by atoms with van der Waals surface area (Å²) in [5, 5.41) is 3.51. The monoisotopic (exact) mass is 606 g/mol. The van der Waals surface area contributed by atoms with E-state index in [1.165, 1.54) is 78.5 Å². The molecule has 0 radical (unpaired) electrons. The SMILES string of the molecule is Cc1cc2c(C)c3sc(-c4sc(-c5c(Cl)cc(-c6cc(C)c(C)s6)c6nsnc56)cc4C)cc3c(C)c2s1. The van der Waals surface area contributed by atoms with Crippen LogP contribution in [0.15, 0.2) is 30.3 Å². The molecule has 0 unspecified atom stereocenters. The number of halogens is 1. The van der Waals surface area contributed by atoms with E-state index in [9.17, 15) is 0 Å². The molecule has 0 aliphatic carbocycles. The van der Waals surface area contributed by atoms with E-state index in [1.807, 2.05) is 34.0 Å². The van der Waals surface area contributed by atoms with Gasteiger partial charge in [-0.2, -0.15) is 8.75 Å². The summed E-state index contributed by atoms with van der Waals surface area (Å²) in [5.41, 5.74) is 9.25. The fourth-order valence-electron chi connectivity index (χ4n) is 5.26. The lowest BCUT2D eigenvalue weighted by molar-refractivity contribution is 1.44. The first-order valence-electron chi connectivity index (χ1n) is 12.3. The minimum Gasteiger partial charge on any atom is -0.172 e. The molecule has 2 nitrogen and oxygen atoms in total. The van der Waals surface area contributed by atoms with Crippen LogP contribution in [-0.2, 0) is 0 Å². The van der Waals surface area contributed by atoms with Crippen LogP contribution in [0, 0.1) is 41.5 Å². The highest BCUT2D eigenvalue weighted by Crippen LogP contribution is 2.49. The average Bonchev–Trinajstić information content (AvgIpc) is 3.68. The zero-order valence-corrected chi connectivity index (χ0v) is 26.5. The summed E-state index contributed by atoms with van der Waals surface area (Å²) < 4.78 is 12.3. The van der Waals surface area contributed by atoms with Crippen molar-refractivity contribution < 1.29 is 0 Å². The first kappa shape index (κ1) is 24.9. The standard InChI is InChI=1S/C30H23ClN2S5/c1-12-7-22(35-17(12)6)20-10-21(31)25(27-26(20)32-38-33-27)23-8-13(2)28(36-23)24-11-19-16(5)29-18(9-14(3)34-29)15(4)30(19)37-24/h7-11H,1-6H3. The molecule has 2 aromatic carbocycles. The highest BCUT2D eigenvalue weighted by molar-refractivity contribution is 7.27. The van der Waals surface area contributed by atoms with Crippen LogP contribution in [0.1, 0.15) is 32.0 Å². The van der Waals surface area contributed by atoms with Crippen LogP contribution in [0.2, 0.25) is 5.02 Å². The van der Waals surface area contributed by atoms with E-state index in [1.54, 1.807) is 11.3 Å². The molecule has 0 aliphatic heterocycles. The zero-order chi connectivity index (χ0) is 26.5. The maximum Gasteiger partial charge on any atom is 0.115 e. The molecule has 0 fully saturated rings. The van der Waals surface area contributed by atoms with Crippen LogP contribution in [0.3, 0.4) is 0 Å². The number of benzene rings is 2. The summed E-state index contributed by atoms with van der Waals surface area (Å²) in [6.45, 7) is 13.3. The van der Waals surface area contributed by atoms with Crippen LogP contribution in [0.5, 0.6) is 0 Å². The van der Waals surface area contributed by atoms with Gasteiger partial charge in [-0.15, -0.1) is 45.3 Å². The van der Waals surface area contributed by atoms with Gasteiger partial charge in [0, 0.05) is 49.8 Å². The first-order valence-corrected chi connectivity index (χ1v) is 16.6. The molecule has 0 amide bonds. The van der Waals surface area contributed by atoms with E-state index in [4.69, 9.17) is 20.3 Å². The van der Waals surface area contributed by atoms with Crippen LogP contribution in [-0.4, -0.2) is 8.75 Å². The molecule has 7 aromatic rings. The van der Waals surface area contributed by atoms with Gasteiger partial charge in [0.05, 0.1) is 16.8 Å². The number of hydrogen-bond donors (Lipinski definition) is 0. The van der Waals surface area contributed by atoms with Gasteiger partial charge >= 0.3 is 0 Å². The number of fused-ring (bicyclic) bond motifs is 3. The van der Waals surface area contributed by atoms with Crippen LogP contribution >= 0.6 is 68.7 Å². The zero-order valence-electron chi connectivity index (χ0n) is 21.7. The highest BCUT2D eigenvalue weighted by Gasteiger charge is 2.22. The molecule has 5 heterocycles. The summed E-state index contributed by atoms with van der Waals surface area (Å²) in [6.07, 6.45) is 0. The maximum atomic E-state index is 7.02. The van der Waals surface area contributed by atoms with Gasteiger partial charge in [0.15, 0.2) is 0 Å². The predicted molar refractivity (Wildman–Crippen MR) is 174 cm³/mol. The van der Waals surface area contributed by atoms with Gasteiger partial charge in [-0.25, -0.2) is 0 Å². The Kier molecular flexibility index (Phi) is 5.86. The van der Waals surface area contributed by atoms with E-state index >= 15 is 0 Å². The summed E-state index contributed by atoms with van der Waals surface area (Å²) in [7, 11) is 0. The highest BCUT2D eigenvalue weighted by atomic mass is 35.5. The van der Waals surface area contributed by atoms with Crippen molar-refractivity contribution in [2.75, 3.05) is 0 Å². The lowest BCUT2D eigenvalue weighted by Crippen LogP contribution is -1.84. The lowest BCUT2D eigenvalue weighted by Gasteiger charge is -2.06. The van der Waals surface area contributed by atoms with E-state index < -0.39 is 0 Å². The van der Waals surface area contributed by atoms with Gasteiger partial charge in [-0.3, -0.25) is 0 Å². The van der Waals surface area contributed by atoms with Gasteiger partial charge in [-0.05, 0) is 105 Å². The van der Waals surface area contributed by atoms with Crippen LogP contribution in [0.4, 0.5) is 0 Å². The third kappa shape index (κ3) is 3.67. The van der Waals surface area contributed by atoms with Crippen molar-refractivity contribution in [3.63, 3.8) is 0 Å². The van der Waals surface area contributed by atoms with Crippen molar-refractivity contribution in [2.45, 2.75) is 41.5 Å². The topological polar surface area (TPSA) is 25.8 Å². The molecular formula is C30H23ClN2S5.